The zero-order chi connectivity index (χ0) is 18.5. The SMILES string of the molecule is CCCCS(=O)(=O)Nc1ccc(Nc2ccc(C(F)(F)F)cc2)cn1. The van der Waals surface area contributed by atoms with Gasteiger partial charge in [-0.1, -0.05) is 13.3 Å². The molecule has 0 saturated heterocycles. The van der Waals surface area contributed by atoms with Crippen molar-refractivity contribution in [2.45, 2.75) is 25.9 Å². The van der Waals surface area contributed by atoms with Crippen LogP contribution < -0.4 is 10.0 Å². The number of pyridine rings is 1. The number of unbranched alkanes of at least 4 members (excludes halogenated alkanes) is 1. The third-order valence-corrected chi connectivity index (χ3v) is 4.64. The smallest absolute Gasteiger partial charge is 0.354 e. The number of halogens is 3. The van der Waals surface area contributed by atoms with Crippen LogP contribution in [0.3, 0.4) is 0 Å². The summed E-state index contributed by atoms with van der Waals surface area (Å²) in [6.45, 7) is 1.90. The molecule has 0 amide bonds. The second-order valence-corrected chi connectivity index (χ2v) is 7.25. The number of nitrogens with zero attached hydrogens (tertiary/aromatic N) is 1. The summed E-state index contributed by atoms with van der Waals surface area (Å²) in [6, 6.07) is 7.64. The molecule has 2 aromatic rings. The van der Waals surface area contributed by atoms with Crippen LogP contribution in [0, 0.1) is 0 Å². The van der Waals surface area contributed by atoms with E-state index in [4.69, 9.17) is 0 Å². The van der Waals surface area contributed by atoms with Gasteiger partial charge in [0, 0.05) is 5.69 Å². The monoisotopic (exact) mass is 373 g/mol. The van der Waals surface area contributed by atoms with Gasteiger partial charge in [0.25, 0.3) is 0 Å². The predicted molar refractivity (Wildman–Crippen MR) is 91.3 cm³/mol. The lowest BCUT2D eigenvalue weighted by Gasteiger charge is -2.10. The van der Waals surface area contributed by atoms with E-state index in [1.165, 1.54) is 24.4 Å². The van der Waals surface area contributed by atoms with Gasteiger partial charge in [0.15, 0.2) is 0 Å². The Hall–Kier alpha value is -2.29. The summed E-state index contributed by atoms with van der Waals surface area (Å²) in [7, 11) is -3.43. The number of anilines is 3. The molecule has 9 heteroatoms. The summed E-state index contributed by atoms with van der Waals surface area (Å²) in [5.74, 6) is 0.213. The van der Waals surface area contributed by atoms with Gasteiger partial charge in [0.05, 0.1) is 23.2 Å². The maximum Gasteiger partial charge on any atom is 0.416 e. The lowest BCUT2D eigenvalue weighted by molar-refractivity contribution is -0.137. The van der Waals surface area contributed by atoms with E-state index in [9.17, 15) is 21.6 Å². The summed E-state index contributed by atoms with van der Waals surface area (Å²) in [5.41, 5.74) is 0.260. The van der Waals surface area contributed by atoms with Crippen molar-refractivity contribution in [2.24, 2.45) is 0 Å². The quantitative estimate of drug-likeness (QED) is 0.755. The molecule has 136 valence electrons. The Labute approximate surface area is 144 Å². The van der Waals surface area contributed by atoms with Gasteiger partial charge in [-0.3, -0.25) is 4.72 Å². The van der Waals surface area contributed by atoms with E-state index in [2.05, 4.69) is 15.0 Å². The molecule has 5 nitrogen and oxygen atoms in total. The predicted octanol–water partition coefficient (Wildman–Crippen LogP) is 4.39. The minimum absolute atomic E-state index is 0.0245. The fourth-order valence-corrected chi connectivity index (χ4v) is 3.19. The summed E-state index contributed by atoms with van der Waals surface area (Å²) < 4.78 is 63.5. The van der Waals surface area contributed by atoms with Crippen LogP contribution in [0.1, 0.15) is 25.3 Å². The number of rotatable bonds is 7. The van der Waals surface area contributed by atoms with Crippen molar-refractivity contribution in [1.82, 2.24) is 4.98 Å². The standard InChI is InChI=1S/C16H18F3N3O2S/c1-2-3-10-25(23,24)22-15-9-8-14(11-20-15)21-13-6-4-12(5-7-13)16(17,18)19/h4-9,11,21H,2-3,10H2,1H3,(H,20,22). The third kappa shape index (κ3) is 5.93. The van der Waals surface area contributed by atoms with Crippen molar-refractivity contribution < 1.29 is 21.6 Å². The molecule has 0 spiro atoms. The first-order chi connectivity index (χ1) is 11.7. The van der Waals surface area contributed by atoms with Gasteiger partial charge in [-0.05, 0) is 42.8 Å². The molecule has 1 aromatic carbocycles. The normalized spacial score (nSPS) is 12.0. The van der Waals surface area contributed by atoms with E-state index in [-0.39, 0.29) is 11.6 Å². The first-order valence-electron chi connectivity index (χ1n) is 7.60. The summed E-state index contributed by atoms with van der Waals surface area (Å²) in [6.07, 6.45) is -1.65. The van der Waals surface area contributed by atoms with Crippen LogP contribution in [0.4, 0.5) is 30.4 Å². The number of nitrogens with one attached hydrogen (secondary N) is 2. The number of alkyl halides is 3. The maximum atomic E-state index is 12.5. The summed E-state index contributed by atoms with van der Waals surface area (Å²) in [5, 5.41) is 2.90. The number of hydrogen-bond acceptors (Lipinski definition) is 4. The molecule has 0 aliphatic rings. The summed E-state index contributed by atoms with van der Waals surface area (Å²) >= 11 is 0. The first-order valence-corrected chi connectivity index (χ1v) is 9.25. The van der Waals surface area contributed by atoms with Crippen molar-refractivity contribution in [3.05, 3.63) is 48.2 Å². The highest BCUT2D eigenvalue weighted by molar-refractivity contribution is 7.92. The van der Waals surface area contributed by atoms with Gasteiger partial charge in [-0.15, -0.1) is 0 Å². The Morgan fingerprint density at radius 2 is 1.68 bits per heavy atom. The Morgan fingerprint density at radius 3 is 2.20 bits per heavy atom. The van der Waals surface area contributed by atoms with Gasteiger partial charge in [0.1, 0.15) is 5.82 Å². The molecule has 0 atom stereocenters. The zero-order valence-corrected chi connectivity index (χ0v) is 14.3. The van der Waals surface area contributed by atoms with E-state index in [0.29, 0.717) is 17.8 Å². The molecule has 2 rings (SSSR count). The van der Waals surface area contributed by atoms with E-state index < -0.39 is 21.8 Å². The van der Waals surface area contributed by atoms with Crippen LogP contribution >= 0.6 is 0 Å². The minimum Gasteiger partial charge on any atom is -0.354 e. The van der Waals surface area contributed by atoms with Gasteiger partial charge in [-0.25, -0.2) is 13.4 Å². The van der Waals surface area contributed by atoms with E-state index in [1.807, 2.05) is 6.92 Å². The van der Waals surface area contributed by atoms with Crippen LogP contribution in [-0.2, 0) is 16.2 Å². The zero-order valence-electron chi connectivity index (χ0n) is 13.5. The van der Waals surface area contributed by atoms with E-state index in [1.54, 1.807) is 6.07 Å². The van der Waals surface area contributed by atoms with Gasteiger partial charge in [-0.2, -0.15) is 13.2 Å². The van der Waals surface area contributed by atoms with Gasteiger partial charge in [0.2, 0.25) is 10.0 Å². The topological polar surface area (TPSA) is 71.1 Å². The second-order valence-electron chi connectivity index (χ2n) is 5.41. The highest BCUT2D eigenvalue weighted by Crippen LogP contribution is 2.30. The van der Waals surface area contributed by atoms with Gasteiger partial charge < -0.3 is 5.32 Å². The van der Waals surface area contributed by atoms with Crippen molar-refractivity contribution >= 4 is 27.2 Å². The first kappa shape index (κ1) is 19.0. The Balaban J connectivity index is 2.01. The molecule has 0 bridgehead atoms. The van der Waals surface area contributed by atoms with Gasteiger partial charge >= 0.3 is 6.18 Å². The fraction of sp³-hybridized carbons (Fsp3) is 0.312. The molecular formula is C16H18F3N3O2S. The van der Waals surface area contributed by atoms with Crippen molar-refractivity contribution in [3.8, 4) is 0 Å². The average molecular weight is 373 g/mol. The van der Waals surface area contributed by atoms with Crippen LogP contribution in [0.15, 0.2) is 42.6 Å². The highest BCUT2D eigenvalue weighted by atomic mass is 32.2. The van der Waals surface area contributed by atoms with E-state index >= 15 is 0 Å². The van der Waals surface area contributed by atoms with Crippen LogP contribution in [0.5, 0.6) is 0 Å². The highest BCUT2D eigenvalue weighted by Gasteiger charge is 2.29. The molecule has 0 unspecified atom stereocenters. The number of sulfonamides is 1. The molecule has 0 fully saturated rings. The maximum absolute atomic E-state index is 12.5. The minimum atomic E-state index is -4.38. The molecule has 2 N–H and O–H groups in total. The molecule has 25 heavy (non-hydrogen) atoms. The molecule has 0 aliphatic carbocycles. The molecule has 0 radical (unpaired) electrons. The van der Waals surface area contributed by atoms with Crippen molar-refractivity contribution in [1.29, 1.82) is 0 Å². The number of hydrogen-bond donors (Lipinski definition) is 2. The molecular weight excluding hydrogens is 355 g/mol. The van der Waals surface area contributed by atoms with Crippen LogP contribution in [0.2, 0.25) is 0 Å². The second kappa shape index (κ2) is 7.73. The molecule has 0 saturated carbocycles. The Kier molecular flexibility index (Phi) is 5.89. The Morgan fingerprint density at radius 1 is 1.04 bits per heavy atom. The van der Waals surface area contributed by atoms with Crippen LogP contribution in [0.25, 0.3) is 0 Å². The molecule has 0 aliphatic heterocycles. The Bertz CT molecular complexity index is 789. The van der Waals surface area contributed by atoms with Crippen molar-refractivity contribution in [2.75, 3.05) is 15.8 Å². The third-order valence-electron chi connectivity index (χ3n) is 3.29. The number of benzene rings is 1. The number of aromatic nitrogens is 1. The lowest BCUT2D eigenvalue weighted by atomic mass is 10.2. The lowest BCUT2D eigenvalue weighted by Crippen LogP contribution is -2.17. The summed E-state index contributed by atoms with van der Waals surface area (Å²) in [4.78, 5) is 3.99. The van der Waals surface area contributed by atoms with Crippen LogP contribution in [-0.4, -0.2) is 19.2 Å². The average Bonchev–Trinajstić information content (AvgIpc) is 2.54. The molecule has 1 aromatic heterocycles. The molecule has 1 heterocycles. The fourth-order valence-electron chi connectivity index (χ4n) is 1.98. The van der Waals surface area contributed by atoms with Crippen molar-refractivity contribution in [3.63, 3.8) is 0 Å². The largest absolute Gasteiger partial charge is 0.416 e. The van der Waals surface area contributed by atoms with E-state index in [0.717, 1.165) is 18.6 Å².